The first-order valence-electron chi connectivity index (χ1n) is 4.24. The first-order valence-corrected chi connectivity index (χ1v) is 4.24. The van der Waals surface area contributed by atoms with E-state index in [0.717, 1.165) is 12.0 Å². The van der Waals surface area contributed by atoms with Crippen molar-refractivity contribution in [2.45, 2.75) is 13.3 Å². The minimum atomic E-state index is -1.09. The molecule has 2 N–H and O–H groups in total. The van der Waals surface area contributed by atoms with Crippen LogP contribution in [0.2, 0.25) is 0 Å². The van der Waals surface area contributed by atoms with Gasteiger partial charge in [0.2, 0.25) is 0 Å². The van der Waals surface area contributed by atoms with Crippen LogP contribution in [0.3, 0.4) is 0 Å². The third-order valence-corrected chi connectivity index (χ3v) is 1.76. The Morgan fingerprint density at radius 1 is 1.36 bits per heavy atom. The number of nitrogens with two attached hydrogens (primary N) is 1. The van der Waals surface area contributed by atoms with Gasteiger partial charge in [0.05, 0.1) is 0 Å². The van der Waals surface area contributed by atoms with Gasteiger partial charge in [-0.05, 0) is 18.1 Å². The summed E-state index contributed by atoms with van der Waals surface area (Å²) in [6, 6.07) is 7.01. The number of hydrogen-bond donors (Lipinski definition) is 1. The van der Waals surface area contributed by atoms with Crippen LogP contribution in [0, 0.1) is 0 Å². The lowest BCUT2D eigenvalue weighted by atomic mass is 10.1. The third-order valence-electron chi connectivity index (χ3n) is 1.76. The lowest BCUT2D eigenvalue weighted by Gasteiger charge is -2.05. The SMILES string of the molecule is CCc1ccccc1OC(=O)C(N)=O. The van der Waals surface area contributed by atoms with E-state index in [1.807, 2.05) is 19.1 Å². The Kier molecular flexibility index (Phi) is 3.23. The van der Waals surface area contributed by atoms with Crippen LogP contribution in [0.4, 0.5) is 0 Å². The molecule has 0 heterocycles. The highest BCUT2D eigenvalue weighted by Gasteiger charge is 2.12. The van der Waals surface area contributed by atoms with Crippen molar-refractivity contribution < 1.29 is 14.3 Å². The molecule has 0 bridgehead atoms. The molecule has 1 rings (SSSR count). The molecule has 0 atom stereocenters. The van der Waals surface area contributed by atoms with Crippen LogP contribution < -0.4 is 10.5 Å². The largest absolute Gasteiger partial charge is 0.419 e. The molecule has 14 heavy (non-hydrogen) atoms. The molecule has 1 aromatic rings. The molecule has 0 aliphatic carbocycles. The first-order chi connectivity index (χ1) is 6.65. The summed E-state index contributed by atoms with van der Waals surface area (Å²) in [5.74, 6) is -1.74. The monoisotopic (exact) mass is 193 g/mol. The summed E-state index contributed by atoms with van der Waals surface area (Å²) in [6.45, 7) is 1.93. The summed E-state index contributed by atoms with van der Waals surface area (Å²) in [5, 5.41) is 0. The van der Waals surface area contributed by atoms with Crippen molar-refractivity contribution in [3.8, 4) is 5.75 Å². The van der Waals surface area contributed by atoms with Crippen LogP contribution in [-0.4, -0.2) is 11.9 Å². The molecule has 0 radical (unpaired) electrons. The number of aryl methyl sites for hydroxylation is 1. The number of ether oxygens (including phenoxy) is 1. The number of esters is 1. The molecule has 0 aromatic heterocycles. The average molecular weight is 193 g/mol. The van der Waals surface area contributed by atoms with Crippen LogP contribution in [-0.2, 0) is 16.0 Å². The minimum absolute atomic E-state index is 0.388. The maximum Gasteiger partial charge on any atom is 0.401 e. The molecule has 74 valence electrons. The summed E-state index contributed by atoms with van der Waals surface area (Å²) >= 11 is 0. The van der Waals surface area contributed by atoms with Gasteiger partial charge in [-0.15, -0.1) is 0 Å². The molecule has 0 aliphatic heterocycles. The maximum atomic E-state index is 10.9. The molecule has 0 saturated carbocycles. The van der Waals surface area contributed by atoms with Crippen LogP contribution >= 0.6 is 0 Å². The fraction of sp³-hybridized carbons (Fsp3) is 0.200. The van der Waals surface area contributed by atoms with E-state index in [1.165, 1.54) is 0 Å². The molecular formula is C10H11NO3. The smallest absolute Gasteiger partial charge is 0.401 e. The highest BCUT2D eigenvalue weighted by Crippen LogP contribution is 2.18. The van der Waals surface area contributed by atoms with Crippen molar-refractivity contribution >= 4 is 11.9 Å². The van der Waals surface area contributed by atoms with E-state index < -0.39 is 11.9 Å². The second-order valence-corrected chi connectivity index (χ2v) is 2.72. The van der Waals surface area contributed by atoms with Gasteiger partial charge >= 0.3 is 11.9 Å². The average Bonchev–Trinajstić information content (AvgIpc) is 2.18. The zero-order valence-electron chi connectivity index (χ0n) is 7.82. The second kappa shape index (κ2) is 4.41. The number of amides is 1. The summed E-state index contributed by atoms with van der Waals surface area (Å²) in [4.78, 5) is 21.3. The summed E-state index contributed by atoms with van der Waals surface area (Å²) < 4.78 is 4.78. The molecule has 0 unspecified atom stereocenters. The molecule has 1 amide bonds. The quantitative estimate of drug-likeness (QED) is 0.425. The Bertz CT molecular complexity index is 360. The molecule has 0 aliphatic rings. The molecule has 0 saturated heterocycles. The van der Waals surface area contributed by atoms with E-state index in [9.17, 15) is 9.59 Å². The molecule has 0 fully saturated rings. The van der Waals surface area contributed by atoms with Gasteiger partial charge < -0.3 is 10.5 Å². The van der Waals surface area contributed by atoms with Crippen LogP contribution in [0.1, 0.15) is 12.5 Å². The predicted molar refractivity (Wildman–Crippen MR) is 50.6 cm³/mol. The van der Waals surface area contributed by atoms with Gasteiger partial charge in [-0.1, -0.05) is 25.1 Å². The maximum absolute atomic E-state index is 10.9. The van der Waals surface area contributed by atoms with Crippen LogP contribution in [0.5, 0.6) is 5.75 Å². The van der Waals surface area contributed by atoms with Crippen molar-refractivity contribution in [2.75, 3.05) is 0 Å². The normalized spacial score (nSPS) is 9.50. The number of benzene rings is 1. The van der Waals surface area contributed by atoms with Gasteiger partial charge in [0.1, 0.15) is 5.75 Å². The zero-order chi connectivity index (χ0) is 10.6. The number of para-hydroxylation sites is 1. The van der Waals surface area contributed by atoms with E-state index in [2.05, 4.69) is 0 Å². The topological polar surface area (TPSA) is 69.4 Å². The first kappa shape index (κ1) is 10.2. The lowest BCUT2D eigenvalue weighted by molar-refractivity contribution is -0.146. The van der Waals surface area contributed by atoms with E-state index >= 15 is 0 Å². The second-order valence-electron chi connectivity index (χ2n) is 2.72. The molecular weight excluding hydrogens is 182 g/mol. The summed E-state index contributed by atoms with van der Waals surface area (Å²) in [7, 11) is 0. The highest BCUT2D eigenvalue weighted by atomic mass is 16.5. The Hall–Kier alpha value is -1.84. The van der Waals surface area contributed by atoms with Crippen LogP contribution in [0.25, 0.3) is 0 Å². The van der Waals surface area contributed by atoms with Gasteiger partial charge in [-0.25, -0.2) is 4.79 Å². The van der Waals surface area contributed by atoms with Gasteiger partial charge in [0, 0.05) is 0 Å². The minimum Gasteiger partial charge on any atom is -0.419 e. The van der Waals surface area contributed by atoms with Gasteiger partial charge in [0.25, 0.3) is 0 Å². The predicted octanol–water partition coefficient (Wildman–Crippen LogP) is 0.640. The summed E-state index contributed by atoms with van der Waals surface area (Å²) in [5.41, 5.74) is 5.62. The van der Waals surface area contributed by atoms with E-state index in [1.54, 1.807) is 12.1 Å². The number of rotatable bonds is 2. The standard InChI is InChI=1S/C10H11NO3/c1-2-7-5-3-4-6-8(7)14-10(13)9(11)12/h3-6H,2H2,1H3,(H2,11,12). The van der Waals surface area contributed by atoms with Gasteiger partial charge in [-0.2, -0.15) is 0 Å². The van der Waals surface area contributed by atoms with Crippen molar-refractivity contribution in [3.63, 3.8) is 0 Å². The van der Waals surface area contributed by atoms with Crippen molar-refractivity contribution in [1.29, 1.82) is 0 Å². The zero-order valence-corrected chi connectivity index (χ0v) is 7.82. The van der Waals surface area contributed by atoms with Gasteiger partial charge in [-0.3, -0.25) is 4.79 Å². The fourth-order valence-corrected chi connectivity index (χ4v) is 1.05. The third kappa shape index (κ3) is 2.32. The number of primary amides is 1. The molecule has 0 spiro atoms. The van der Waals surface area contributed by atoms with Crippen molar-refractivity contribution in [1.82, 2.24) is 0 Å². The van der Waals surface area contributed by atoms with E-state index in [4.69, 9.17) is 10.5 Å². The Balaban J connectivity index is 2.85. The number of carbonyl (C=O) groups is 2. The number of carbonyl (C=O) groups excluding carboxylic acids is 2. The van der Waals surface area contributed by atoms with Crippen molar-refractivity contribution in [3.05, 3.63) is 29.8 Å². The summed E-state index contributed by atoms with van der Waals surface area (Å²) in [6.07, 6.45) is 0.724. The Morgan fingerprint density at radius 2 is 2.00 bits per heavy atom. The lowest BCUT2D eigenvalue weighted by Crippen LogP contribution is -2.28. The van der Waals surface area contributed by atoms with Crippen molar-refractivity contribution in [2.24, 2.45) is 5.73 Å². The van der Waals surface area contributed by atoms with Gasteiger partial charge in [0.15, 0.2) is 0 Å². The highest BCUT2D eigenvalue weighted by molar-refractivity contribution is 6.32. The molecule has 4 nitrogen and oxygen atoms in total. The van der Waals surface area contributed by atoms with E-state index in [-0.39, 0.29) is 0 Å². The van der Waals surface area contributed by atoms with Crippen LogP contribution in [0.15, 0.2) is 24.3 Å². The Labute approximate surface area is 81.7 Å². The fourth-order valence-electron chi connectivity index (χ4n) is 1.05. The molecule has 4 heteroatoms. The Morgan fingerprint density at radius 3 is 2.57 bits per heavy atom. The van der Waals surface area contributed by atoms with E-state index in [0.29, 0.717) is 5.75 Å². The molecule has 1 aromatic carbocycles. The number of hydrogen-bond acceptors (Lipinski definition) is 3.